The molecule has 1 aliphatic heterocycles. The summed E-state index contributed by atoms with van der Waals surface area (Å²) in [7, 11) is 0. The number of aliphatic carboxylic acids is 1. The van der Waals surface area contributed by atoms with E-state index in [1.165, 1.54) is 0 Å². The van der Waals surface area contributed by atoms with E-state index in [2.05, 4.69) is 16.9 Å². The summed E-state index contributed by atoms with van der Waals surface area (Å²) in [5, 5.41) is 9.44. The van der Waals surface area contributed by atoms with Gasteiger partial charge in [0.25, 0.3) is 0 Å². The van der Waals surface area contributed by atoms with Crippen molar-refractivity contribution >= 4 is 11.8 Å². The molecule has 1 aromatic rings. The summed E-state index contributed by atoms with van der Waals surface area (Å²) in [5.74, 6) is 0.884. The topological polar surface area (TPSA) is 66.3 Å². The molecule has 0 saturated carbocycles. The molecule has 0 amide bonds. The average molecular weight is 277 g/mol. The zero-order valence-electron chi connectivity index (χ0n) is 12.5. The van der Waals surface area contributed by atoms with Crippen molar-refractivity contribution in [2.75, 3.05) is 11.4 Å². The molecule has 1 atom stereocenters. The summed E-state index contributed by atoms with van der Waals surface area (Å²) >= 11 is 0. The van der Waals surface area contributed by atoms with Crippen molar-refractivity contribution in [3.63, 3.8) is 0 Å². The summed E-state index contributed by atoms with van der Waals surface area (Å²) < 4.78 is 0. The van der Waals surface area contributed by atoms with Gasteiger partial charge in [-0.1, -0.05) is 13.8 Å². The van der Waals surface area contributed by atoms with Crippen molar-refractivity contribution in [2.24, 2.45) is 0 Å². The molecule has 0 radical (unpaired) electrons. The first-order chi connectivity index (χ1) is 9.58. The van der Waals surface area contributed by atoms with Gasteiger partial charge in [0.15, 0.2) is 0 Å². The van der Waals surface area contributed by atoms with E-state index in [0.717, 1.165) is 55.1 Å². The molecule has 20 heavy (non-hydrogen) atoms. The van der Waals surface area contributed by atoms with Gasteiger partial charge >= 0.3 is 5.97 Å². The second kappa shape index (κ2) is 6.20. The van der Waals surface area contributed by atoms with Crippen LogP contribution in [0.15, 0.2) is 0 Å². The number of carboxylic acid groups (broad SMARTS) is 1. The van der Waals surface area contributed by atoms with E-state index < -0.39 is 12.0 Å². The Morgan fingerprint density at radius 1 is 1.30 bits per heavy atom. The normalized spacial score (nSPS) is 19.1. The summed E-state index contributed by atoms with van der Waals surface area (Å²) in [6.07, 6.45) is 4.29. The maximum Gasteiger partial charge on any atom is 0.326 e. The fourth-order valence-corrected chi connectivity index (χ4v) is 2.89. The molecule has 2 heterocycles. The number of nitrogens with zero attached hydrogens (tertiary/aromatic N) is 3. The molecule has 1 saturated heterocycles. The molecule has 1 aromatic heterocycles. The van der Waals surface area contributed by atoms with Crippen molar-refractivity contribution in [2.45, 2.75) is 58.9 Å². The Morgan fingerprint density at radius 2 is 2.05 bits per heavy atom. The SMILES string of the molecule is CCc1nc(C)c(CC)c(N2CCCCC2C(=O)O)n1. The molecule has 0 aromatic carbocycles. The van der Waals surface area contributed by atoms with Crippen LogP contribution in [0.1, 0.15) is 50.2 Å². The molecule has 0 spiro atoms. The van der Waals surface area contributed by atoms with E-state index >= 15 is 0 Å². The maximum atomic E-state index is 11.5. The first kappa shape index (κ1) is 14.8. The highest BCUT2D eigenvalue weighted by molar-refractivity contribution is 5.78. The lowest BCUT2D eigenvalue weighted by Gasteiger charge is -2.35. The molecule has 5 heteroatoms. The molecule has 1 fully saturated rings. The molecule has 5 nitrogen and oxygen atoms in total. The van der Waals surface area contributed by atoms with Crippen LogP contribution in [0.3, 0.4) is 0 Å². The summed E-state index contributed by atoms with van der Waals surface area (Å²) in [5.41, 5.74) is 2.06. The Morgan fingerprint density at radius 3 is 2.65 bits per heavy atom. The maximum absolute atomic E-state index is 11.5. The van der Waals surface area contributed by atoms with Crippen LogP contribution in [0.25, 0.3) is 0 Å². The molecule has 1 unspecified atom stereocenters. The molecular weight excluding hydrogens is 254 g/mol. The Hall–Kier alpha value is -1.65. The third kappa shape index (κ3) is 2.76. The van der Waals surface area contributed by atoms with Gasteiger partial charge in [0, 0.05) is 24.2 Å². The minimum Gasteiger partial charge on any atom is -0.480 e. The van der Waals surface area contributed by atoms with Crippen LogP contribution in [0.2, 0.25) is 0 Å². The Kier molecular flexibility index (Phi) is 4.57. The predicted molar refractivity (Wildman–Crippen MR) is 78.1 cm³/mol. The number of aryl methyl sites for hydroxylation is 2. The zero-order valence-corrected chi connectivity index (χ0v) is 12.5. The van der Waals surface area contributed by atoms with Crippen LogP contribution in [0.4, 0.5) is 5.82 Å². The van der Waals surface area contributed by atoms with Crippen LogP contribution >= 0.6 is 0 Å². The van der Waals surface area contributed by atoms with Crippen LogP contribution in [0.5, 0.6) is 0 Å². The number of hydrogen-bond acceptors (Lipinski definition) is 4. The van der Waals surface area contributed by atoms with E-state index in [1.807, 2.05) is 18.7 Å². The largest absolute Gasteiger partial charge is 0.480 e. The number of hydrogen-bond donors (Lipinski definition) is 1. The predicted octanol–water partition coefficient (Wildman–Crippen LogP) is 2.35. The summed E-state index contributed by atoms with van der Waals surface area (Å²) in [4.78, 5) is 22.6. The zero-order chi connectivity index (χ0) is 14.7. The quantitative estimate of drug-likeness (QED) is 0.915. The summed E-state index contributed by atoms with van der Waals surface area (Å²) in [6, 6.07) is -0.451. The lowest BCUT2D eigenvalue weighted by Crippen LogP contribution is -2.45. The van der Waals surface area contributed by atoms with E-state index in [1.54, 1.807) is 0 Å². The molecule has 1 N–H and O–H groups in total. The monoisotopic (exact) mass is 277 g/mol. The lowest BCUT2D eigenvalue weighted by molar-refractivity contribution is -0.139. The lowest BCUT2D eigenvalue weighted by atomic mass is 10.0. The third-order valence-electron chi connectivity index (χ3n) is 3.97. The fraction of sp³-hybridized carbons (Fsp3) is 0.667. The Balaban J connectivity index is 2.48. The van der Waals surface area contributed by atoms with Crippen LogP contribution in [-0.4, -0.2) is 33.6 Å². The van der Waals surface area contributed by atoms with Crippen molar-refractivity contribution in [1.29, 1.82) is 0 Å². The van der Waals surface area contributed by atoms with E-state index in [-0.39, 0.29) is 0 Å². The molecule has 0 aliphatic carbocycles. The van der Waals surface area contributed by atoms with E-state index in [4.69, 9.17) is 0 Å². The number of piperidine rings is 1. The fourth-order valence-electron chi connectivity index (χ4n) is 2.89. The summed E-state index contributed by atoms with van der Waals surface area (Å²) in [6.45, 7) is 6.85. The van der Waals surface area contributed by atoms with Gasteiger partial charge in [-0.25, -0.2) is 14.8 Å². The number of carbonyl (C=O) groups is 1. The smallest absolute Gasteiger partial charge is 0.326 e. The van der Waals surface area contributed by atoms with Gasteiger partial charge in [-0.3, -0.25) is 0 Å². The molecule has 0 bridgehead atoms. The van der Waals surface area contributed by atoms with Crippen LogP contribution in [0, 0.1) is 6.92 Å². The van der Waals surface area contributed by atoms with Crippen molar-refractivity contribution in [1.82, 2.24) is 9.97 Å². The standard InChI is InChI=1S/C15H23N3O2/c1-4-11-10(3)16-13(5-2)17-14(11)18-9-7-6-8-12(18)15(19)20/h12H,4-9H2,1-3H3,(H,19,20). The highest BCUT2D eigenvalue weighted by atomic mass is 16.4. The van der Waals surface area contributed by atoms with Crippen LogP contribution < -0.4 is 4.90 Å². The average Bonchev–Trinajstić information content (AvgIpc) is 2.46. The number of aromatic nitrogens is 2. The highest BCUT2D eigenvalue weighted by Gasteiger charge is 2.31. The minimum absolute atomic E-state index is 0.451. The molecule has 1 aliphatic rings. The first-order valence-corrected chi connectivity index (χ1v) is 7.44. The van der Waals surface area contributed by atoms with Crippen LogP contribution in [-0.2, 0) is 17.6 Å². The first-order valence-electron chi connectivity index (χ1n) is 7.44. The van der Waals surface area contributed by atoms with Crippen molar-refractivity contribution in [3.8, 4) is 0 Å². The van der Waals surface area contributed by atoms with Gasteiger partial charge in [0.05, 0.1) is 0 Å². The Bertz CT molecular complexity index is 502. The second-order valence-electron chi connectivity index (χ2n) is 5.28. The van der Waals surface area contributed by atoms with Crippen molar-refractivity contribution < 1.29 is 9.90 Å². The Labute approximate surface area is 120 Å². The number of anilines is 1. The van der Waals surface area contributed by atoms with Gasteiger partial charge in [-0.15, -0.1) is 0 Å². The van der Waals surface area contributed by atoms with Gasteiger partial charge in [-0.2, -0.15) is 0 Å². The van der Waals surface area contributed by atoms with Gasteiger partial charge in [-0.05, 0) is 32.6 Å². The molecular formula is C15H23N3O2. The van der Waals surface area contributed by atoms with E-state index in [0.29, 0.717) is 6.42 Å². The third-order valence-corrected chi connectivity index (χ3v) is 3.97. The number of carboxylic acids is 1. The second-order valence-corrected chi connectivity index (χ2v) is 5.28. The molecule has 2 rings (SSSR count). The van der Waals surface area contributed by atoms with Gasteiger partial charge in [0.2, 0.25) is 0 Å². The molecule has 110 valence electrons. The van der Waals surface area contributed by atoms with Gasteiger partial charge in [0.1, 0.15) is 17.7 Å². The number of rotatable bonds is 4. The van der Waals surface area contributed by atoms with Gasteiger partial charge < -0.3 is 10.0 Å². The van der Waals surface area contributed by atoms with Crippen molar-refractivity contribution in [3.05, 3.63) is 17.1 Å². The highest BCUT2D eigenvalue weighted by Crippen LogP contribution is 2.28. The van der Waals surface area contributed by atoms with E-state index in [9.17, 15) is 9.90 Å². The minimum atomic E-state index is -0.749.